The molecular formula is C24H33FN6O6. The third-order valence-corrected chi connectivity index (χ3v) is 5.22. The van der Waals surface area contributed by atoms with E-state index < -0.39 is 41.6 Å². The van der Waals surface area contributed by atoms with Crippen molar-refractivity contribution in [1.82, 2.24) is 15.3 Å². The average Bonchev–Trinajstić information content (AvgIpc) is 2.85. The van der Waals surface area contributed by atoms with Crippen molar-refractivity contribution in [2.75, 3.05) is 10.6 Å². The second-order valence-corrected chi connectivity index (χ2v) is 8.35. The SMILES string of the molecule is CCCCCCCC(=O)N[C@H](CC(N)=O)C(=O)Nc1ccc(COC(O)Nc2nc(=O)[nH]cc2F)cc1. The number of aliphatic hydroxyl groups excluding tert-OH is 1. The summed E-state index contributed by atoms with van der Waals surface area (Å²) >= 11 is 0. The molecule has 12 nitrogen and oxygen atoms in total. The van der Waals surface area contributed by atoms with Crippen LogP contribution in [0.3, 0.4) is 0 Å². The molecule has 0 bridgehead atoms. The topological polar surface area (TPSA) is 189 Å². The molecule has 0 fully saturated rings. The fourth-order valence-corrected chi connectivity index (χ4v) is 3.30. The number of amides is 3. The largest absolute Gasteiger partial charge is 0.370 e. The van der Waals surface area contributed by atoms with Crippen molar-refractivity contribution < 1.29 is 28.6 Å². The van der Waals surface area contributed by atoms with Gasteiger partial charge in [-0.25, -0.2) is 9.18 Å². The number of nitrogens with two attached hydrogens (primary N) is 1. The zero-order valence-corrected chi connectivity index (χ0v) is 20.6. The Morgan fingerprint density at radius 2 is 1.86 bits per heavy atom. The smallest absolute Gasteiger partial charge is 0.347 e. The number of aromatic nitrogens is 2. The van der Waals surface area contributed by atoms with Crippen molar-refractivity contribution in [3.05, 3.63) is 52.3 Å². The van der Waals surface area contributed by atoms with E-state index in [9.17, 15) is 28.7 Å². The van der Waals surface area contributed by atoms with Crippen LogP contribution in [0.5, 0.6) is 0 Å². The molecule has 13 heteroatoms. The minimum atomic E-state index is -1.65. The molecule has 2 atom stereocenters. The van der Waals surface area contributed by atoms with Crippen molar-refractivity contribution in [3.8, 4) is 0 Å². The number of anilines is 2. The molecule has 2 aromatic rings. The van der Waals surface area contributed by atoms with Crippen molar-refractivity contribution >= 4 is 29.2 Å². The first-order valence-electron chi connectivity index (χ1n) is 12.0. The number of carbonyl (C=O) groups is 3. The second-order valence-electron chi connectivity index (χ2n) is 8.35. The summed E-state index contributed by atoms with van der Waals surface area (Å²) in [5.41, 5.74) is 5.44. The maximum atomic E-state index is 13.6. The number of H-pyrrole nitrogens is 1. The number of ether oxygens (including phenoxy) is 1. The highest BCUT2D eigenvalue weighted by Crippen LogP contribution is 2.13. The Labute approximate surface area is 213 Å². The number of nitrogens with zero attached hydrogens (tertiary/aromatic N) is 1. The molecule has 202 valence electrons. The highest BCUT2D eigenvalue weighted by molar-refractivity contribution is 5.99. The van der Waals surface area contributed by atoms with Gasteiger partial charge in [0.1, 0.15) is 6.04 Å². The molecule has 1 aromatic carbocycles. The Bertz CT molecular complexity index is 1090. The highest BCUT2D eigenvalue weighted by atomic mass is 19.1. The van der Waals surface area contributed by atoms with Crippen molar-refractivity contribution in [2.24, 2.45) is 5.73 Å². The zero-order valence-electron chi connectivity index (χ0n) is 20.6. The Morgan fingerprint density at radius 1 is 1.16 bits per heavy atom. The number of primary amides is 1. The molecule has 7 N–H and O–H groups in total. The van der Waals surface area contributed by atoms with Crippen LogP contribution < -0.4 is 27.4 Å². The van der Waals surface area contributed by atoms with Gasteiger partial charge in [-0.2, -0.15) is 4.98 Å². The van der Waals surface area contributed by atoms with Gasteiger partial charge in [0, 0.05) is 18.3 Å². The molecule has 0 saturated carbocycles. The van der Waals surface area contributed by atoms with E-state index in [-0.39, 0.29) is 25.4 Å². The summed E-state index contributed by atoms with van der Waals surface area (Å²) in [6, 6.07) is 5.22. The van der Waals surface area contributed by atoms with Crippen LogP contribution in [0.1, 0.15) is 57.4 Å². The van der Waals surface area contributed by atoms with Gasteiger partial charge in [0.2, 0.25) is 24.1 Å². The fourth-order valence-electron chi connectivity index (χ4n) is 3.30. The van der Waals surface area contributed by atoms with E-state index in [1.54, 1.807) is 24.3 Å². The summed E-state index contributed by atoms with van der Waals surface area (Å²) in [6.07, 6.45) is 3.91. The predicted molar refractivity (Wildman–Crippen MR) is 133 cm³/mol. The standard InChI is InChI=1S/C24H33FN6O6/c1-2-3-4-5-6-7-20(33)29-18(12-19(26)32)22(34)28-16-10-8-15(9-11-16)14-37-24(36)31-21-17(25)13-27-23(35)30-21/h8-11,13,18,24,36H,2-7,12,14H2,1H3,(H2,26,32)(H,28,34)(H,29,33)(H2,27,30,31,35)/t18-,24?/m1/s1. The van der Waals surface area contributed by atoms with Crippen LogP contribution in [0, 0.1) is 5.82 Å². The van der Waals surface area contributed by atoms with Crippen LogP contribution in [0.2, 0.25) is 0 Å². The molecule has 1 unspecified atom stereocenters. The molecule has 0 radical (unpaired) electrons. The molecule has 2 rings (SSSR count). The molecule has 0 saturated heterocycles. The van der Waals surface area contributed by atoms with Gasteiger partial charge in [-0.05, 0) is 24.1 Å². The van der Waals surface area contributed by atoms with Crippen LogP contribution in [0.15, 0.2) is 35.3 Å². The number of hydrogen-bond donors (Lipinski definition) is 6. The van der Waals surface area contributed by atoms with Crippen LogP contribution in [0.25, 0.3) is 0 Å². The number of benzene rings is 1. The maximum absolute atomic E-state index is 13.6. The van der Waals surface area contributed by atoms with E-state index >= 15 is 0 Å². The third-order valence-electron chi connectivity index (χ3n) is 5.22. The van der Waals surface area contributed by atoms with E-state index in [0.29, 0.717) is 17.7 Å². The fraction of sp³-hybridized carbons (Fsp3) is 0.458. The number of halogens is 1. The quantitative estimate of drug-likeness (QED) is 0.142. The summed E-state index contributed by atoms with van der Waals surface area (Å²) < 4.78 is 18.8. The van der Waals surface area contributed by atoms with Crippen LogP contribution in [-0.2, 0) is 25.7 Å². The number of unbranched alkanes of at least 4 members (excludes halogenated alkanes) is 4. The van der Waals surface area contributed by atoms with E-state index in [1.807, 2.05) is 0 Å². The number of carbonyl (C=O) groups excluding carboxylic acids is 3. The summed E-state index contributed by atoms with van der Waals surface area (Å²) in [5.74, 6) is -2.98. The first-order chi connectivity index (χ1) is 17.7. The number of aliphatic hydroxyl groups is 1. The van der Waals surface area contributed by atoms with Gasteiger partial charge in [0.05, 0.1) is 13.0 Å². The number of rotatable bonds is 16. The summed E-state index contributed by atoms with van der Waals surface area (Å²) in [4.78, 5) is 52.9. The van der Waals surface area contributed by atoms with E-state index in [0.717, 1.165) is 31.9 Å². The summed E-state index contributed by atoms with van der Waals surface area (Å²) in [5, 5.41) is 17.3. The van der Waals surface area contributed by atoms with Gasteiger partial charge in [-0.15, -0.1) is 0 Å². The highest BCUT2D eigenvalue weighted by Gasteiger charge is 2.23. The lowest BCUT2D eigenvalue weighted by Gasteiger charge is -2.18. The maximum Gasteiger partial charge on any atom is 0.347 e. The van der Waals surface area contributed by atoms with E-state index in [1.165, 1.54) is 0 Å². The van der Waals surface area contributed by atoms with Gasteiger partial charge in [0.15, 0.2) is 11.6 Å². The van der Waals surface area contributed by atoms with Crippen LogP contribution >= 0.6 is 0 Å². The second kappa shape index (κ2) is 15.3. The molecule has 0 aliphatic carbocycles. The van der Waals surface area contributed by atoms with Gasteiger partial charge < -0.3 is 36.5 Å². The lowest BCUT2D eigenvalue weighted by Crippen LogP contribution is -2.46. The predicted octanol–water partition coefficient (Wildman–Crippen LogP) is 1.47. The molecule has 37 heavy (non-hydrogen) atoms. The monoisotopic (exact) mass is 520 g/mol. The molecule has 0 spiro atoms. The first-order valence-corrected chi connectivity index (χ1v) is 12.0. The lowest BCUT2D eigenvalue weighted by atomic mass is 10.1. The van der Waals surface area contributed by atoms with E-state index in [2.05, 4.69) is 32.8 Å². The van der Waals surface area contributed by atoms with E-state index in [4.69, 9.17) is 10.5 Å². The number of nitrogens with one attached hydrogen (secondary N) is 4. The summed E-state index contributed by atoms with van der Waals surface area (Å²) in [7, 11) is 0. The molecular weight excluding hydrogens is 487 g/mol. The number of aromatic amines is 1. The molecule has 0 aliphatic heterocycles. The number of hydrogen-bond acceptors (Lipinski definition) is 8. The molecule has 1 heterocycles. The van der Waals surface area contributed by atoms with Gasteiger partial charge in [-0.3, -0.25) is 14.4 Å². The third kappa shape index (κ3) is 11.2. The molecule has 0 aliphatic rings. The normalized spacial score (nSPS) is 12.4. The van der Waals surface area contributed by atoms with Gasteiger partial charge in [-0.1, -0.05) is 44.7 Å². The van der Waals surface area contributed by atoms with Crippen LogP contribution in [0.4, 0.5) is 15.9 Å². The average molecular weight is 521 g/mol. The first kappa shape index (κ1) is 29.4. The molecule has 3 amide bonds. The minimum Gasteiger partial charge on any atom is -0.370 e. The Kier molecular flexibility index (Phi) is 12.2. The van der Waals surface area contributed by atoms with Gasteiger partial charge >= 0.3 is 5.69 Å². The van der Waals surface area contributed by atoms with Crippen molar-refractivity contribution in [1.29, 1.82) is 0 Å². The van der Waals surface area contributed by atoms with Crippen molar-refractivity contribution in [3.63, 3.8) is 0 Å². The molecule has 1 aromatic heterocycles. The van der Waals surface area contributed by atoms with Crippen molar-refractivity contribution in [2.45, 2.75) is 70.9 Å². The lowest BCUT2D eigenvalue weighted by molar-refractivity contribution is -0.128. The Hall–Kier alpha value is -3.84. The Morgan fingerprint density at radius 3 is 2.54 bits per heavy atom. The zero-order chi connectivity index (χ0) is 27.2. The summed E-state index contributed by atoms with van der Waals surface area (Å²) in [6.45, 7) is 2.01. The Balaban J connectivity index is 1.85. The van der Waals surface area contributed by atoms with Gasteiger partial charge in [0.25, 0.3) is 0 Å². The minimum absolute atomic E-state index is 0.0915. The van der Waals surface area contributed by atoms with Crippen LogP contribution in [-0.4, -0.2) is 45.3 Å².